The lowest BCUT2D eigenvalue weighted by atomic mass is 10.2. The Kier molecular flexibility index (Phi) is 3.80. The van der Waals surface area contributed by atoms with Crippen molar-refractivity contribution in [2.24, 2.45) is 0 Å². The van der Waals surface area contributed by atoms with Crippen LogP contribution in [0.4, 0.5) is 19.5 Å². The number of carbonyl (C=O) groups excluding carboxylic acids is 1. The maximum atomic E-state index is 14.0. The first-order valence-corrected chi connectivity index (χ1v) is 6.15. The summed E-state index contributed by atoms with van der Waals surface area (Å²) in [7, 11) is 1.09. The van der Waals surface area contributed by atoms with Crippen LogP contribution in [0.25, 0.3) is 10.6 Å². The van der Waals surface area contributed by atoms with Gasteiger partial charge < -0.3 is 10.5 Å². The highest BCUT2D eigenvalue weighted by Crippen LogP contribution is 2.36. The molecule has 0 amide bonds. The van der Waals surface area contributed by atoms with Crippen molar-refractivity contribution in [1.29, 1.82) is 0 Å². The summed E-state index contributed by atoms with van der Waals surface area (Å²) in [6.45, 7) is 0. The number of thiazole rings is 1. The van der Waals surface area contributed by atoms with Gasteiger partial charge in [0.05, 0.1) is 17.6 Å². The second-order valence-electron chi connectivity index (χ2n) is 3.74. The first kappa shape index (κ1) is 14.8. The quantitative estimate of drug-likeness (QED) is 0.529. The molecule has 0 radical (unpaired) electrons. The largest absolute Gasteiger partial charge is 0.464 e. The zero-order valence-electron chi connectivity index (χ0n) is 10.4. The van der Waals surface area contributed by atoms with Crippen molar-refractivity contribution in [3.05, 3.63) is 39.6 Å². The fraction of sp³-hybridized carbons (Fsp3) is 0.0909. The van der Waals surface area contributed by atoms with E-state index < -0.39 is 33.8 Å². The topological polar surface area (TPSA) is 108 Å². The van der Waals surface area contributed by atoms with Crippen molar-refractivity contribution in [2.45, 2.75) is 0 Å². The summed E-state index contributed by atoms with van der Waals surface area (Å²) in [5.41, 5.74) is 3.61. The number of hydrogen-bond donors (Lipinski definition) is 1. The summed E-state index contributed by atoms with van der Waals surface area (Å²) in [5, 5.41) is 10.3. The van der Waals surface area contributed by atoms with Gasteiger partial charge in [-0.15, -0.1) is 0 Å². The molecule has 0 saturated heterocycles. The van der Waals surface area contributed by atoms with Crippen LogP contribution in [-0.4, -0.2) is 23.0 Å². The predicted octanol–water partition coefficient (Wildman–Crippen LogP) is 2.37. The van der Waals surface area contributed by atoms with Gasteiger partial charge in [0.2, 0.25) is 5.82 Å². The Bertz CT molecular complexity index is 747. The van der Waals surface area contributed by atoms with Gasteiger partial charge in [0, 0.05) is 6.07 Å². The number of ether oxygens (including phenoxy) is 1. The van der Waals surface area contributed by atoms with Gasteiger partial charge in [-0.2, -0.15) is 4.39 Å². The van der Waals surface area contributed by atoms with E-state index in [1.54, 1.807) is 0 Å². The molecule has 2 aromatic rings. The second kappa shape index (κ2) is 5.40. The number of rotatable bonds is 3. The average molecular weight is 315 g/mol. The first-order valence-electron chi connectivity index (χ1n) is 5.34. The zero-order chi connectivity index (χ0) is 15.7. The third-order valence-corrected chi connectivity index (χ3v) is 3.42. The SMILES string of the molecule is COC(=O)c1nc(-c2c(F)ccc([N+](=O)[O-])c2F)sc1N. The van der Waals surface area contributed by atoms with Crippen LogP contribution in [0.15, 0.2) is 12.1 Å². The van der Waals surface area contributed by atoms with Crippen LogP contribution in [0.5, 0.6) is 0 Å². The molecule has 0 atom stereocenters. The Labute approximate surface area is 120 Å². The number of nitrogens with two attached hydrogens (primary N) is 1. The van der Waals surface area contributed by atoms with Crippen LogP contribution >= 0.6 is 11.3 Å². The summed E-state index contributed by atoms with van der Waals surface area (Å²) in [5.74, 6) is -3.31. The van der Waals surface area contributed by atoms with Gasteiger partial charge in [-0.05, 0) is 6.07 Å². The summed E-state index contributed by atoms with van der Waals surface area (Å²) < 4.78 is 32.2. The van der Waals surface area contributed by atoms with E-state index >= 15 is 0 Å². The van der Waals surface area contributed by atoms with Crippen LogP contribution in [0, 0.1) is 21.7 Å². The number of methoxy groups -OCH3 is 1. The maximum absolute atomic E-state index is 14.0. The molecule has 21 heavy (non-hydrogen) atoms. The van der Waals surface area contributed by atoms with Gasteiger partial charge in [-0.1, -0.05) is 11.3 Å². The highest BCUT2D eigenvalue weighted by molar-refractivity contribution is 7.19. The molecule has 1 aromatic heterocycles. The fourth-order valence-corrected chi connectivity index (χ4v) is 2.42. The summed E-state index contributed by atoms with van der Waals surface area (Å²) in [4.78, 5) is 24.7. The third-order valence-electron chi connectivity index (χ3n) is 2.51. The maximum Gasteiger partial charge on any atom is 0.359 e. The lowest BCUT2D eigenvalue weighted by Crippen LogP contribution is -2.04. The molecule has 0 fully saturated rings. The number of nitrogen functional groups attached to an aromatic ring is 1. The first-order chi connectivity index (χ1) is 9.86. The number of aromatic nitrogens is 1. The third kappa shape index (κ3) is 2.52. The molecule has 2 rings (SSSR count). The van der Waals surface area contributed by atoms with E-state index in [1.165, 1.54) is 0 Å². The van der Waals surface area contributed by atoms with Crippen LogP contribution in [0.3, 0.4) is 0 Å². The number of esters is 1. The van der Waals surface area contributed by atoms with Gasteiger partial charge in [0.25, 0.3) is 0 Å². The van der Waals surface area contributed by atoms with Crippen LogP contribution in [0.2, 0.25) is 0 Å². The lowest BCUT2D eigenvalue weighted by molar-refractivity contribution is -0.387. The van der Waals surface area contributed by atoms with Crippen molar-refractivity contribution >= 4 is 28.0 Å². The Hall–Kier alpha value is -2.62. The number of nitro groups is 1. The van der Waals surface area contributed by atoms with E-state index in [-0.39, 0.29) is 15.7 Å². The van der Waals surface area contributed by atoms with E-state index in [0.29, 0.717) is 17.4 Å². The van der Waals surface area contributed by atoms with Gasteiger partial charge in [0.15, 0.2) is 5.69 Å². The lowest BCUT2D eigenvalue weighted by Gasteiger charge is -2.01. The Morgan fingerprint density at radius 2 is 2.14 bits per heavy atom. The van der Waals surface area contributed by atoms with Crippen molar-refractivity contribution in [2.75, 3.05) is 12.8 Å². The van der Waals surface area contributed by atoms with Crippen molar-refractivity contribution in [3.63, 3.8) is 0 Å². The molecule has 1 aromatic carbocycles. The predicted molar refractivity (Wildman–Crippen MR) is 69.9 cm³/mol. The number of anilines is 1. The molecule has 0 aliphatic carbocycles. The van der Waals surface area contributed by atoms with Gasteiger partial charge in [-0.25, -0.2) is 14.2 Å². The van der Waals surface area contributed by atoms with Crippen molar-refractivity contribution in [3.8, 4) is 10.6 Å². The molecule has 0 aliphatic rings. The van der Waals surface area contributed by atoms with Gasteiger partial charge in [-0.3, -0.25) is 10.1 Å². The highest BCUT2D eigenvalue weighted by atomic mass is 32.1. The number of halogens is 2. The molecule has 1 heterocycles. The average Bonchev–Trinajstić information content (AvgIpc) is 2.79. The van der Waals surface area contributed by atoms with Gasteiger partial charge in [0.1, 0.15) is 15.8 Å². The number of carbonyl (C=O) groups is 1. The van der Waals surface area contributed by atoms with Crippen LogP contribution in [-0.2, 0) is 4.74 Å². The number of nitro benzene ring substituents is 1. The van der Waals surface area contributed by atoms with E-state index in [4.69, 9.17) is 5.73 Å². The molecule has 0 aliphatic heterocycles. The summed E-state index contributed by atoms with van der Waals surface area (Å²) in [6, 6.07) is 1.44. The molecule has 0 spiro atoms. The Morgan fingerprint density at radius 1 is 1.48 bits per heavy atom. The van der Waals surface area contributed by atoms with Crippen molar-refractivity contribution in [1.82, 2.24) is 4.98 Å². The van der Waals surface area contributed by atoms with Crippen LogP contribution in [0.1, 0.15) is 10.5 Å². The Morgan fingerprint density at radius 3 is 2.71 bits per heavy atom. The highest BCUT2D eigenvalue weighted by Gasteiger charge is 2.27. The summed E-state index contributed by atoms with van der Waals surface area (Å²) in [6.07, 6.45) is 0. The molecule has 7 nitrogen and oxygen atoms in total. The normalized spacial score (nSPS) is 10.4. The molecule has 2 N–H and O–H groups in total. The van der Waals surface area contributed by atoms with Crippen molar-refractivity contribution < 1.29 is 23.2 Å². The van der Waals surface area contributed by atoms with E-state index in [2.05, 4.69) is 9.72 Å². The molecule has 0 saturated carbocycles. The Balaban J connectivity index is 2.65. The molecular weight excluding hydrogens is 308 g/mol. The molecule has 0 bridgehead atoms. The number of benzene rings is 1. The van der Waals surface area contributed by atoms with E-state index in [0.717, 1.165) is 13.2 Å². The minimum atomic E-state index is -1.38. The molecular formula is C11H7F2N3O4S. The fourth-order valence-electron chi connectivity index (χ4n) is 1.56. The zero-order valence-corrected chi connectivity index (χ0v) is 11.2. The molecule has 110 valence electrons. The van der Waals surface area contributed by atoms with Crippen LogP contribution < -0.4 is 5.73 Å². The van der Waals surface area contributed by atoms with E-state index in [9.17, 15) is 23.7 Å². The van der Waals surface area contributed by atoms with Gasteiger partial charge >= 0.3 is 11.7 Å². The summed E-state index contributed by atoms with van der Waals surface area (Å²) >= 11 is 0.623. The molecule has 0 unspecified atom stereocenters. The monoisotopic (exact) mass is 315 g/mol. The number of hydrogen-bond acceptors (Lipinski definition) is 7. The molecule has 10 heteroatoms. The minimum absolute atomic E-state index is 0.109. The minimum Gasteiger partial charge on any atom is -0.464 e. The standard InChI is InChI=1S/C11H7F2N3O4S/c1-20-11(17)8-9(14)21-10(15-8)6-4(12)2-3-5(7(6)13)16(18)19/h2-3H,14H2,1H3. The smallest absolute Gasteiger partial charge is 0.359 e. The second-order valence-corrected chi connectivity index (χ2v) is 4.77. The van der Waals surface area contributed by atoms with E-state index in [1.807, 2.05) is 0 Å². The number of nitrogens with zero attached hydrogens (tertiary/aromatic N) is 2.